The first-order chi connectivity index (χ1) is 42.2. The molecule has 0 aromatic carbocycles. The van der Waals surface area contributed by atoms with E-state index in [4.69, 9.17) is 9.90 Å². The Morgan fingerprint density at radius 1 is 0.522 bits per heavy atom. The molecule has 92 heavy (non-hydrogen) atoms. The van der Waals surface area contributed by atoms with E-state index in [-0.39, 0.29) is 55.8 Å². The van der Waals surface area contributed by atoms with Gasteiger partial charge in [0.05, 0.1) is 12.6 Å². The third-order valence-corrected chi connectivity index (χ3v) is 16.3. The second kappa shape index (κ2) is 38.3. The number of rotatable bonds is 15. The van der Waals surface area contributed by atoms with Crippen LogP contribution in [0.25, 0.3) is 0 Å². The molecule has 0 aliphatic carbocycles. The number of nitrogens with one attached hydrogen (secondary N) is 4. The van der Waals surface area contributed by atoms with Gasteiger partial charge in [0.1, 0.15) is 66.4 Å². The average molecular weight is 1320 g/mol. The minimum atomic E-state index is -5.19. The summed E-state index contributed by atoms with van der Waals surface area (Å²) < 4.78 is 31.5. The Balaban J connectivity index is 0.0000111. The maximum Gasteiger partial charge on any atom is 0.430 e. The lowest BCUT2D eigenvalue weighted by molar-refractivity contribution is -0.344. The summed E-state index contributed by atoms with van der Waals surface area (Å²) >= 11 is 0. The van der Waals surface area contributed by atoms with Crippen molar-refractivity contribution in [3.05, 3.63) is 12.2 Å². The number of carboxylic acid groups (broad SMARTS) is 1. The van der Waals surface area contributed by atoms with Gasteiger partial charge in [0, 0.05) is 49.3 Å². The van der Waals surface area contributed by atoms with E-state index in [0.717, 1.165) is 9.80 Å². The second-order valence-electron chi connectivity index (χ2n) is 26.9. The van der Waals surface area contributed by atoms with E-state index in [2.05, 4.69) is 21.3 Å². The maximum absolute atomic E-state index is 15.1. The summed E-state index contributed by atoms with van der Waals surface area (Å²) in [4.78, 5) is 177. The zero-order chi connectivity index (χ0) is 72.1. The highest BCUT2D eigenvalue weighted by atomic mass is 19.4. The van der Waals surface area contributed by atoms with Crippen molar-refractivity contribution in [2.24, 2.45) is 41.4 Å². The molecule has 1 fully saturated rings. The molecule has 25 nitrogen and oxygen atoms in total. The quantitative estimate of drug-likeness (QED) is 0.147. The van der Waals surface area contributed by atoms with Gasteiger partial charge in [-0.1, -0.05) is 109 Å². The maximum atomic E-state index is 15.1. The van der Waals surface area contributed by atoms with Crippen LogP contribution in [0.3, 0.4) is 0 Å². The van der Waals surface area contributed by atoms with E-state index in [1.54, 1.807) is 54.5 Å². The number of aliphatic hydroxyl groups is 1. The van der Waals surface area contributed by atoms with Crippen LogP contribution in [-0.4, -0.2) is 239 Å². The van der Waals surface area contributed by atoms with Crippen molar-refractivity contribution in [1.29, 1.82) is 0 Å². The zero-order valence-electron chi connectivity index (χ0n) is 59.0. The summed E-state index contributed by atoms with van der Waals surface area (Å²) in [5.74, 6) is -12.7. The van der Waals surface area contributed by atoms with Crippen LogP contribution >= 0.6 is 0 Å². The molecule has 528 valence electrons. The summed E-state index contributed by atoms with van der Waals surface area (Å²) in [7, 11) is 9.92. The number of allylic oxidation sites excluding steroid dienone is 2. The standard InChI is InChI=1S/C62H111N11O12.C2HF3O2/c1-25-27-28-40(15)52(75)51-56(79)65-43(26-2)58(81)67(18)33-48(74)68(19)44(29-34(3)4)55(78)66-49(38(11)12)61(84)69(20)45(30-35(5)6)54(77)63-41(16)53(76)64-42(17)57(80)70(21)46(31-36(7)8)59(82)71(22)47(32-37(9)10)60(83)72(23)50(39(13)14)62(85)73(51)24;3-2(4,5)1(6)7/h25,27,34-47,49-52,75H,26,28-33H2,1-24H3,(H,63,77)(H,64,76)(H,65,79)(H,66,78);(H,6,7)/p-1/b27-25+;/t40-,41+,42-,43+,44+,45+,46+,47+,49+,50+,51+,52-;/m1./s1. The molecule has 0 radical (unpaired) electrons. The molecule has 5 N–H and O–H groups in total. The number of halogens is 3. The highest BCUT2D eigenvalue weighted by Gasteiger charge is 2.46. The van der Waals surface area contributed by atoms with Gasteiger partial charge >= 0.3 is 6.18 Å². The Bertz CT molecular complexity index is 2550. The average Bonchev–Trinajstić information content (AvgIpc) is 0.864. The first kappa shape index (κ1) is 85.1. The van der Waals surface area contributed by atoms with Crippen molar-refractivity contribution in [2.45, 2.75) is 229 Å². The molecule has 0 unspecified atom stereocenters. The fraction of sp³-hybridized carbons (Fsp3) is 0.781. The summed E-state index contributed by atoms with van der Waals surface area (Å²) in [5, 5.41) is 31.8. The van der Waals surface area contributed by atoms with Crippen LogP contribution < -0.4 is 26.4 Å². The molecule has 1 rings (SSSR count). The van der Waals surface area contributed by atoms with Crippen LogP contribution in [0.5, 0.6) is 0 Å². The Hall–Kier alpha value is -6.87. The molecule has 1 heterocycles. The van der Waals surface area contributed by atoms with Gasteiger partial charge in [-0.2, -0.15) is 13.2 Å². The number of amides is 11. The van der Waals surface area contributed by atoms with Gasteiger partial charge in [0.15, 0.2) is 0 Å². The fourth-order valence-electron chi connectivity index (χ4n) is 10.7. The molecule has 1 saturated heterocycles. The van der Waals surface area contributed by atoms with E-state index >= 15 is 9.59 Å². The van der Waals surface area contributed by atoms with E-state index in [1.807, 2.05) is 61.5 Å². The Morgan fingerprint density at radius 2 is 0.913 bits per heavy atom. The van der Waals surface area contributed by atoms with Crippen molar-refractivity contribution >= 4 is 70.9 Å². The normalized spacial score (nSPS) is 25.7. The molecule has 12 atom stereocenters. The van der Waals surface area contributed by atoms with Crippen LogP contribution in [-0.2, 0) is 57.5 Å². The van der Waals surface area contributed by atoms with Gasteiger partial charge in [-0.3, -0.25) is 52.7 Å². The SMILES string of the molecule is C/C=C/C[C@@H](C)[C@@H](O)[C@H]1C(=O)N[C@@H](CC)C(=O)N(C)CC(=O)N(C)[C@@H](CC(C)C)C(=O)N[C@@H](C(C)C)C(=O)N(C)[C@@H](CC(C)C)C(=O)N[C@@H](C)C(=O)N[C@H](C)C(=O)N(C)[C@@H](CC(C)C)C(=O)N(C)[C@@H](CC(C)C)C(=O)N(C)[C@@H](C(C)C)C(=O)N1C.O=C([O-])C(F)(F)F. The number of aliphatic hydroxyl groups excluding tert-OH is 1. The molecule has 0 bridgehead atoms. The molecule has 11 amide bonds. The molecule has 0 aromatic heterocycles. The monoisotopic (exact) mass is 1310 g/mol. The van der Waals surface area contributed by atoms with E-state index in [1.165, 1.54) is 87.7 Å². The first-order valence-electron chi connectivity index (χ1n) is 31.8. The lowest BCUT2D eigenvalue weighted by Crippen LogP contribution is -2.63. The predicted molar refractivity (Wildman–Crippen MR) is 340 cm³/mol. The summed E-state index contributed by atoms with van der Waals surface area (Å²) in [6.45, 7) is 29.3. The van der Waals surface area contributed by atoms with Crippen LogP contribution in [0.1, 0.15) is 156 Å². The summed E-state index contributed by atoms with van der Waals surface area (Å²) in [6.07, 6.45) is -2.15. The Kier molecular flexibility index (Phi) is 35.5. The molecule has 0 spiro atoms. The topological polar surface area (TPSA) is 319 Å². The van der Waals surface area contributed by atoms with Crippen molar-refractivity contribution in [3.8, 4) is 0 Å². The second-order valence-corrected chi connectivity index (χ2v) is 26.9. The number of hydrogen-bond donors (Lipinski definition) is 5. The number of carboxylic acids is 1. The molecule has 0 aromatic rings. The number of nitrogens with zero attached hydrogens (tertiary/aromatic N) is 7. The fourth-order valence-corrected chi connectivity index (χ4v) is 10.7. The third kappa shape index (κ3) is 25.2. The lowest BCUT2D eigenvalue weighted by Gasteiger charge is -2.41. The lowest BCUT2D eigenvalue weighted by atomic mass is 9.91. The number of likely N-dealkylation sites (N-methyl/N-ethyl adjacent to an activating group) is 7. The van der Waals surface area contributed by atoms with Crippen molar-refractivity contribution in [2.75, 3.05) is 55.9 Å². The predicted octanol–water partition coefficient (Wildman–Crippen LogP) is 2.57. The zero-order valence-corrected chi connectivity index (χ0v) is 59.0. The number of alkyl halides is 3. The molecule has 0 saturated carbocycles. The van der Waals surface area contributed by atoms with Gasteiger partial charge in [-0.25, -0.2) is 0 Å². The van der Waals surface area contributed by atoms with Crippen LogP contribution in [0.4, 0.5) is 13.2 Å². The Labute approximate surface area is 544 Å². The molecule has 1 aliphatic heterocycles. The number of carbonyl (C=O) groups excluding carboxylic acids is 12. The number of carbonyl (C=O) groups is 12. The summed E-state index contributed by atoms with van der Waals surface area (Å²) in [6, 6.07) is -12.3. The van der Waals surface area contributed by atoms with Crippen LogP contribution in [0.15, 0.2) is 12.2 Å². The van der Waals surface area contributed by atoms with E-state index < -0.39 is 168 Å². The first-order valence-corrected chi connectivity index (χ1v) is 31.8. The largest absolute Gasteiger partial charge is 0.542 e. The van der Waals surface area contributed by atoms with Gasteiger partial charge < -0.3 is 70.6 Å². The van der Waals surface area contributed by atoms with Crippen LogP contribution in [0.2, 0.25) is 0 Å². The van der Waals surface area contributed by atoms with E-state index in [0.29, 0.717) is 6.42 Å². The van der Waals surface area contributed by atoms with Gasteiger partial charge in [0.2, 0.25) is 65.0 Å². The van der Waals surface area contributed by atoms with Crippen LogP contribution in [0, 0.1) is 41.4 Å². The third-order valence-electron chi connectivity index (χ3n) is 16.3. The molecular weight excluding hydrogens is 1200 g/mol. The van der Waals surface area contributed by atoms with Gasteiger partial charge in [-0.05, 0) is 101 Å². The van der Waals surface area contributed by atoms with E-state index in [9.17, 15) is 61.4 Å². The van der Waals surface area contributed by atoms with Gasteiger partial charge in [0.25, 0.3) is 0 Å². The molecular formula is C64H111F3N11O14-. The van der Waals surface area contributed by atoms with Crippen molar-refractivity contribution in [3.63, 3.8) is 0 Å². The van der Waals surface area contributed by atoms with Gasteiger partial charge in [-0.15, -0.1) is 0 Å². The highest BCUT2D eigenvalue weighted by Crippen LogP contribution is 2.26. The Morgan fingerprint density at radius 3 is 1.33 bits per heavy atom. The van der Waals surface area contributed by atoms with Crippen molar-refractivity contribution < 1.29 is 80.9 Å². The van der Waals surface area contributed by atoms with Crippen molar-refractivity contribution in [1.82, 2.24) is 55.6 Å². The summed E-state index contributed by atoms with van der Waals surface area (Å²) in [5.41, 5.74) is 0. The minimum absolute atomic E-state index is 0.0229. The number of hydrogen-bond acceptors (Lipinski definition) is 14. The smallest absolute Gasteiger partial charge is 0.430 e. The minimum Gasteiger partial charge on any atom is -0.542 e. The molecule has 28 heteroatoms. The number of aliphatic carboxylic acids is 1. The highest BCUT2D eigenvalue weighted by molar-refractivity contribution is 5.99. The molecule has 1 aliphatic rings.